The fourth-order valence-electron chi connectivity index (χ4n) is 3.60. The van der Waals surface area contributed by atoms with Gasteiger partial charge >= 0.3 is 11.9 Å². The molecule has 3 N–H and O–H groups in total. The lowest BCUT2D eigenvalue weighted by Gasteiger charge is -2.32. The third kappa shape index (κ3) is 9.39. The van der Waals surface area contributed by atoms with E-state index in [1.54, 1.807) is 0 Å². The van der Waals surface area contributed by atoms with Crippen LogP contribution in [0.25, 0.3) is 0 Å². The van der Waals surface area contributed by atoms with Gasteiger partial charge in [0.15, 0.2) is 0 Å². The molecule has 1 aromatic rings. The lowest BCUT2D eigenvalue weighted by atomic mass is 9.75. The number of nitrogens with one attached hydrogen (secondary N) is 1. The molecule has 0 saturated heterocycles. The number of methoxy groups -OCH3 is 1. The standard InChI is InChI=1S/C23H37NO5S/c1-4-23(2,15-9-5-8-12-22(27)29-3)19-17-18(30-28)13-14-20(19)24-16-10-6-7-11-21(25)26/h13-14,17,24,28H,4-12,15-16H2,1-3H3,(H,25,26). The van der Waals surface area contributed by atoms with Crippen LogP contribution >= 0.6 is 12.0 Å². The van der Waals surface area contributed by atoms with E-state index in [0.29, 0.717) is 12.8 Å². The molecular formula is C23H37NO5S. The highest BCUT2D eigenvalue weighted by atomic mass is 32.2. The normalized spacial score (nSPS) is 12.9. The maximum absolute atomic E-state index is 11.3. The Morgan fingerprint density at radius 3 is 2.43 bits per heavy atom. The van der Waals surface area contributed by atoms with Crippen LogP contribution in [0.2, 0.25) is 0 Å². The van der Waals surface area contributed by atoms with Crippen molar-refractivity contribution in [2.75, 3.05) is 19.0 Å². The van der Waals surface area contributed by atoms with Gasteiger partial charge in [-0.2, -0.15) is 0 Å². The van der Waals surface area contributed by atoms with Gasteiger partial charge < -0.3 is 19.7 Å². The highest BCUT2D eigenvalue weighted by molar-refractivity contribution is 7.93. The molecule has 1 atom stereocenters. The first-order valence-electron chi connectivity index (χ1n) is 10.8. The van der Waals surface area contributed by atoms with Crippen molar-refractivity contribution in [1.82, 2.24) is 0 Å². The Hall–Kier alpha value is -1.73. The minimum atomic E-state index is -0.743. The van der Waals surface area contributed by atoms with Gasteiger partial charge in [0.05, 0.1) is 7.11 Å². The molecule has 0 amide bonds. The summed E-state index contributed by atoms with van der Waals surface area (Å²) in [6.45, 7) is 5.23. The van der Waals surface area contributed by atoms with Crippen LogP contribution in [0.3, 0.4) is 0 Å². The lowest BCUT2D eigenvalue weighted by Crippen LogP contribution is -2.23. The van der Waals surface area contributed by atoms with Gasteiger partial charge in [-0.1, -0.05) is 33.1 Å². The molecule has 0 radical (unpaired) electrons. The van der Waals surface area contributed by atoms with Gasteiger partial charge in [-0.3, -0.25) is 9.59 Å². The molecule has 6 nitrogen and oxygen atoms in total. The van der Waals surface area contributed by atoms with Gasteiger partial charge in [-0.15, -0.1) is 0 Å². The summed E-state index contributed by atoms with van der Waals surface area (Å²) < 4.78 is 14.2. The van der Waals surface area contributed by atoms with Crippen LogP contribution in [-0.2, 0) is 19.7 Å². The number of carboxylic acid groups (broad SMARTS) is 1. The SMILES string of the molecule is CCC(C)(CCCCCC(=O)OC)c1cc(SO)ccc1NCCCCCC(=O)O. The Morgan fingerprint density at radius 2 is 1.80 bits per heavy atom. The molecule has 1 rings (SSSR count). The van der Waals surface area contributed by atoms with Gasteiger partial charge in [0, 0.05) is 42.0 Å². The summed E-state index contributed by atoms with van der Waals surface area (Å²) in [4.78, 5) is 22.7. The molecular weight excluding hydrogens is 402 g/mol. The van der Waals surface area contributed by atoms with Crippen molar-refractivity contribution in [3.05, 3.63) is 23.8 Å². The quantitative estimate of drug-likeness (QED) is 0.163. The maximum Gasteiger partial charge on any atom is 0.305 e. The van der Waals surface area contributed by atoms with Gasteiger partial charge in [0.1, 0.15) is 0 Å². The van der Waals surface area contributed by atoms with Gasteiger partial charge in [-0.05, 0) is 61.3 Å². The van der Waals surface area contributed by atoms with E-state index in [-0.39, 0.29) is 17.8 Å². The first kappa shape index (κ1) is 26.3. The fourth-order valence-corrected chi connectivity index (χ4v) is 3.90. The summed E-state index contributed by atoms with van der Waals surface area (Å²) in [6.07, 6.45) is 7.97. The molecule has 0 fully saturated rings. The van der Waals surface area contributed by atoms with Crippen LogP contribution in [0.15, 0.2) is 23.1 Å². The Balaban J connectivity index is 2.73. The maximum atomic E-state index is 11.3. The van der Waals surface area contributed by atoms with E-state index in [0.717, 1.165) is 74.1 Å². The number of unbranched alkanes of at least 4 members (excludes halogenated alkanes) is 4. The largest absolute Gasteiger partial charge is 0.481 e. The number of aliphatic carboxylic acids is 1. The molecule has 0 aliphatic heterocycles. The average molecular weight is 440 g/mol. The Kier molecular flexibility index (Phi) is 12.5. The van der Waals surface area contributed by atoms with E-state index in [4.69, 9.17) is 9.84 Å². The lowest BCUT2D eigenvalue weighted by molar-refractivity contribution is -0.141. The van der Waals surface area contributed by atoms with E-state index in [1.807, 2.05) is 12.1 Å². The van der Waals surface area contributed by atoms with E-state index in [1.165, 1.54) is 12.7 Å². The first-order valence-corrected chi connectivity index (χ1v) is 11.6. The van der Waals surface area contributed by atoms with Crippen LogP contribution in [0, 0.1) is 0 Å². The van der Waals surface area contributed by atoms with Gasteiger partial charge in [0.25, 0.3) is 0 Å². The van der Waals surface area contributed by atoms with Crippen LogP contribution < -0.4 is 5.32 Å². The zero-order chi connectivity index (χ0) is 22.4. The summed E-state index contributed by atoms with van der Waals surface area (Å²) in [6, 6.07) is 6.00. The van der Waals surface area contributed by atoms with Crippen molar-refractivity contribution < 1.29 is 24.0 Å². The molecule has 0 aliphatic carbocycles. The zero-order valence-corrected chi connectivity index (χ0v) is 19.4. The Bertz CT molecular complexity index is 667. The topological polar surface area (TPSA) is 95.9 Å². The number of hydrogen-bond donors (Lipinski definition) is 3. The molecule has 0 saturated carbocycles. The second-order valence-corrected chi connectivity index (χ2v) is 8.63. The van der Waals surface area contributed by atoms with Gasteiger partial charge in [-0.25, -0.2) is 0 Å². The van der Waals surface area contributed by atoms with Crippen molar-refractivity contribution in [2.24, 2.45) is 0 Å². The molecule has 1 unspecified atom stereocenters. The fraction of sp³-hybridized carbons (Fsp3) is 0.652. The minimum Gasteiger partial charge on any atom is -0.481 e. The Labute approximate surface area is 185 Å². The predicted octanol–water partition coefficient (Wildman–Crippen LogP) is 6.10. The van der Waals surface area contributed by atoms with Crippen LogP contribution in [0.1, 0.15) is 83.6 Å². The van der Waals surface area contributed by atoms with E-state index >= 15 is 0 Å². The number of hydrogen-bond acceptors (Lipinski definition) is 6. The van der Waals surface area contributed by atoms with Crippen LogP contribution in [0.5, 0.6) is 0 Å². The van der Waals surface area contributed by atoms with E-state index < -0.39 is 5.97 Å². The number of carboxylic acids is 1. The van der Waals surface area contributed by atoms with Crippen LogP contribution in [-0.4, -0.2) is 35.3 Å². The van der Waals surface area contributed by atoms with E-state index in [2.05, 4.69) is 25.2 Å². The molecule has 1 aromatic carbocycles. The summed E-state index contributed by atoms with van der Waals surface area (Å²) in [7, 11) is 1.42. The van der Waals surface area contributed by atoms with Crippen molar-refractivity contribution in [2.45, 2.75) is 88.4 Å². The number of esters is 1. The Morgan fingerprint density at radius 1 is 1.10 bits per heavy atom. The number of ether oxygens (including phenoxy) is 1. The second-order valence-electron chi connectivity index (χ2n) is 7.98. The summed E-state index contributed by atoms with van der Waals surface area (Å²) in [5, 5.41) is 12.3. The molecule has 7 heteroatoms. The number of carbonyl (C=O) groups is 2. The van der Waals surface area contributed by atoms with Crippen molar-refractivity contribution >= 4 is 29.7 Å². The highest BCUT2D eigenvalue weighted by Crippen LogP contribution is 2.39. The third-order valence-corrected chi connectivity index (χ3v) is 6.21. The summed E-state index contributed by atoms with van der Waals surface area (Å²) in [5.41, 5.74) is 2.23. The zero-order valence-electron chi connectivity index (χ0n) is 18.5. The molecule has 0 heterocycles. The molecule has 0 aromatic heterocycles. The smallest absolute Gasteiger partial charge is 0.305 e. The molecule has 30 heavy (non-hydrogen) atoms. The number of anilines is 1. The van der Waals surface area contributed by atoms with Gasteiger partial charge in [0.2, 0.25) is 0 Å². The van der Waals surface area contributed by atoms with E-state index in [9.17, 15) is 14.1 Å². The monoisotopic (exact) mass is 439 g/mol. The molecule has 0 spiro atoms. The third-order valence-electron chi connectivity index (χ3n) is 5.75. The van der Waals surface area contributed by atoms with Crippen molar-refractivity contribution in [3.63, 3.8) is 0 Å². The summed E-state index contributed by atoms with van der Waals surface area (Å²) >= 11 is 0.759. The first-order chi connectivity index (χ1) is 14.4. The highest BCUT2D eigenvalue weighted by Gasteiger charge is 2.27. The summed E-state index contributed by atoms with van der Waals surface area (Å²) in [5.74, 6) is -0.900. The number of benzene rings is 1. The minimum absolute atomic E-state index is 0.0390. The second kappa shape index (κ2) is 14.3. The molecule has 0 aliphatic rings. The molecule has 170 valence electrons. The van der Waals surface area contributed by atoms with Crippen LogP contribution in [0.4, 0.5) is 5.69 Å². The molecule has 0 bridgehead atoms. The predicted molar refractivity (Wildman–Crippen MR) is 122 cm³/mol. The van der Waals surface area contributed by atoms with Crippen molar-refractivity contribution in [3.8, 4) is 0 Å². The number of rotatable bonds is 16. The average Bonchev–Trinajstić information content (AvgIpc) is 2.75. The number of carbonyl (C=O) groups excluding carboxylic acids is 1. The van der Waals surface area contributed by atoms with Crippen molar-refractivity contribution in [1.29, 1.82) is 0 Å².